The van der Waals surface area contributed by atoms with Gasteiger partial charge in [0.15, 0.2) is 22.1 Å². The Balaban J connectivity index is 2.26. The first-order chi connectivity index (χ1) is 9.13. The van der Waals surface area contributed by atoms with E-state index in [0.29, 0.717) is 17.3 Å². The quantitative estimate of drug-likeness (QED) is 0.668. The Kier molecular flexibility index (Phi) is 3.71. The Bertz CT molecular complexity index is 625. The van der Waals surface area contributed by atoms with E-state index in [-0.39, 0.29) is 16.3 Å². The lowest BCUT2D eigenvalue weighted by molar-refractivity contribution is 0.0668. The van der Waals surface area contributed by atoms with Gasteiger partial charge in [-0.2, -0.15) is 0 Å². The third kappa shape index (κ3) is 2.68. The van der Waals surface area contributed by atoms with Crippen LogP contribution in [0.3, 0.4) is 0 Å². The number of nitrogens with zero attached hydrogens (tertiary/aromatic N) is 2. The summed E-state index contributed by atoms with van der Waals surface area (Å²) in [5, 5.41) is 12.3. The molecule has 0 amide bonds. The van der Waals surface area contributed by atoms with Crippen LogP contribution in [0.4, 0.5) is 0 Å². The van der Waals surface area contributed by atoms with Crippen molar-refractivity contribution in [1.82, 2.24) is 9.59 Å². The predicted octanol–water partition coefficient (Wildman–Crippen LogP) is 1.46. The molecule has 2 rings (SSSR count). The van der Waals surface area contributed by atoms with Gasteiger partial charge in [0.25, 0.3) is 0 Å². The SMILES string of the molecule is COc1ccccc1OC(=O)c1nnsc1C(=O)O. The molecule has 0 aliphatic heterocycles. The summed E-state index contributed by atoms with van der Waals surface area (Å²) in [6.07, 6.45) is 0. The molecule has 98 valence electrons. The number of carboxylic acids is 1. The van der Waals surface area contributed by atoms with Crippen LogP contribution in [0.1, 0.15) is 20.2 Å². The van der Waals surface area contributed by atoms with Gasteiger partial charge >= 0.3 is 11.9 Å². The van der Waals surface area contributed by atoms with Crippen LogP contribution in [0.25, 0.3) is 0 Å². The van der Waals surface area contributed by atoms with Gasteiger partial charge in [-0.3, -0.25) is 0 Å². The normalized spacial score (nSPS) is 9.95. The average molecular weight is 280 g/mol. The van der Waals surface area contributed by atoms with Crippen LogP contribution >= 0.6 is 11.5 Å². The van der Waals surface area contributed by atoms with Crippen LogP contribution in [0.5, 0.6) is 11.5 Å². The zero-order valence-electron chi connectivity index (χ0n) is 9.69. The molecule has 2 aromatic rings. The van der Waals surface area contributed by atoms with E-state index in [9.17, 15) is 9.59 Å². The number of carbonyl (C=O) groups is 2. The number of carboxylic acid groups (broad SMARTS) is 1. The third-order valence-corrected chi connectivity index (χ3v) is 2.86. The molecule has 8 heteroatoms. The van der Waals surface area contributed by atoms with Crippen molar-refractivity contribution >= 4 is 23.5 Å². The van der Waals surface area contributed by atoms with Crippen molar-refractivity contribution in [3.8, 4) is 11.5 Å². The Labute approximate surface area is 111 Å². The zero-order chi connectivity index (χ0) is 13.8. The van der Waals surface area contributed by atoms with Gasteiger partial charge in [0.2, 0.25) is 0 Å². The molecule has 0 saturated carbocycles. The summed E-state index contributed by atoms with van der Waals surface area (Å²) < 4.78 is 13.5. The summed E-state index contributed by atoms with van der Waals surface area (Å²) in [4.78, 5) is 22.4. The molecule has 7 nitrogen and oxygen atoms in total. The maximum Gasteiger partial charge on any atom is 0.366 e. The van der Waals surface area contributed by atoms with E-state index < -0.39 is 11.9 Å². The van der Waals surface area contributed by atoms with Crippen molar-refractivity contribution < 1.29 is 24.2 Å². The summed E-state index contributed by atoms with van der Waals surface area (Å²) in [5.74, 6) is -1.63. The largest absolute Gasteiger partial charge is 0.493 e. The van der Waals surface area contributed by atoms with Crippen molar-refractivity contribution in [1.29, 1.82) is 0 Å². The fraction of sp³-hybridized carbons (Fsp3) is 0.0909. The summed E-state index contributed by atoms with van der Waals surface area (Å²) in [6, 6.07) is 6.50. The van der Waals surface area contributed by atoms with Gasteiger partial charge < -0.3 is 14.6 Å². The Morgan fingerprint density at radius 1 is 1.26 bits per heavy atom. The molecule has 0 bridgehead atoms. The molecule has 0 aliphatic carbocycles. The van der Waals surface area contributed by atoms with Crippen molar-refractivity contribution in [3.05, 3.63) is 34.8 Å². The molecule has 0 saturated heterocycles. The second-order valence-corrected chi connectivity index (χ2v) is 4.05. The number of hydrogen-bond donors (Lipinski definition) is 1. The van der Waals surface area contributed by atoms with E-state index in [2.05, 4.69) is 9.59 Å². The summed E-state index contributed by atoms with van der Waals surface area (Å²) in [7, 11) is 1.43. The van der Waals surface area contributed by atoms with Gasteiger partial charge in [0.05, 0.1) is 7.11 Å². The number of aromatic carboxylic acids is 1. The highest BCUT2D eigenvalue weighted by Crippen LogP contribution is 2.27. The molecular weight excluding hydrogens is 272 g/mol. The van der Waals surface area contributed by atoms with E-state index >= 15 is 0 Å². The number of hydrogen-bond acceptors (Lipinski definition) is 7. The second kappa shape index (κ2) is 5.44. The second-order valence-electron chi connectivity index (χ2n) is 3.30. The predicted molar refractivity (Wildman–Crippen MR) is 64.8 cm³/mol. The fourth-order valence-electron chi connectivity index (χ4n) is 1.32. The van der Waals surface area contributed by atoms with Crippen LogP contribution in [0.15, 0.2) is 24.3 Å². The highest BCUT2D eigenvalue weighted by atomic mass is 32.1. The first kappa shape index (κ1) is 13.0. The van der Waals surface area contributed by atoms with Crippen LogP contribution in [0, 0.1) is 0 Å². The number of carbonyl (C=O) groups excluding carboxylic acids is 1. The monoisotopic (exact) mass is 280 g/mol. The molecule has 1 aromatic carbocycles. The first-order valence-electron chi connectivity index (χ1n) is 5.04. The van der Waals surface area contributed by atoms with Crippen molar-refractivity contribution in [2.45, 2.75) is 0 Å². The molecule has 0 fully saturated rings. The van der Waals surface area contributed by atoms with Gasteiger partial charge in [0.1, 0.15) is 0 Å². The van der Waals surface area contributed by atoms with Crippen LogP contribution in [0.2, 0.25) is 0 Å². The van der Waals surface area contributed by atoms with Gasteiger partial charge in [-0.15, -0.1) is 5.10 Å². The minimum atomic E-state index is -1.28. The van der Waals surface area contributed by atoms with Gasteiger partial charge in [0, 0.05) is 0 Å². The Morgan fingerprint density at radius 3 is 2.58 bits per heavy atom. The van der Waals surface area contributed by atoms with Gasteiger partial charge in [-0.1, -0.05) is 16.6 Å². The van der Waals surface area contributed by atoms with E-state index in [1.54, 1.807) is 18.2 Å². The van der Waals surface area contributed by atoms with Crippen molar-refractivity contribution in [2.75, 3.05) is 7.11 Å². The molecule has 0 unspecified atom stereocenters. The van der Waals surface area contributed by atoms with Crippen LogP contribution in [-0.2, 0) is 0 Å². The van der Waals surface area contributed by atoms with Crippen molar-refractivity contribution in [2.24, 2.45) is 0 Å². The lowest BCUT2D eigenvalue weighted by Crippen LogP contribution is -2.13. The van der Waals surface area contributed by atoms with Crippen LogP contribution in [-0.4, -0.2) is 33.7 Å². The highest BCUT2D eigenvalue weighted by Gasteiger charge is 2.24. The molecule has 0 aliphatic rings. The molecule has 0 spiro atoms. The smallest absolute Gasteiger partial charge is 0.366 e. The lowest BCUT2D eigenvalue weighted by atomic mass is 10.3. The molecule has 19 heavy (non-hydrogen) atoms. The maximum absolute atomic E-state index is 11.8. The Morgan fingerprint density at radius 2 is 1.95 bits per heavy atom. The lowest BCUT2D eigenvalue weighted by Gasteiger charge is -2.07. The number of aromatic nitrogens is 2. The van der Waals surface area contributed by atoms with E-state index in [1.807, 2.05) is 0 Å². The number of ether oxygens (including phenoxy) is 2. The van der Waals surface area contributed by atoms with E-state index in [1.165, 1.54) is 13.2 Å². The number of esters is 1. The summed E-state index contributed by atoms with van der Waals surface area (Å²) in [6.45, 7) is 0. The summed E-state index contributed by atoms with van der Waals surface area (Å²) >= 11 is 0.614. The van der Waals surface area contributed by atoms with Crippen LogP contribution < -0.4 is 9.47 Å². The molecule has 1 heterocycles. The summed E-state index contributed by atoms with van der Waals surface area (Å²) in [5.41, 5.74) is -0.330. The van der Waals surface area contributed by atoms with E-state index in [4.69, 9.17) is 14.6 Å². The van der Waals surface area contributed by atoms with Crippen molar-refractivity contribution in [3.63, 3.8) is 0 Å². The number of para-hydroxylation sites is 2. The number of rotatable bonds is 4. The minimum absolute atomic E-state index is 0.180. The zero-order valence-corrected chi connectivity index (χ0v) is 10.5. The minimum Gasteiger partial charge on any atom is -0.493 e. The maximum atomic E-state index is 11.8. The third-order valence-electron chi connectivity index (χ3n) is 2.15. The van der Waals surface area contributed by atoms with Gasteiger partial charge in [-0.05, 0) is 23.7 Å². The molecule has 1 N–H and O–H groups in total. The molecule has 0 atom stereocenters. The average Bonchev–Trinajstić information content (AvgIpc) is 2.88. The number of benzene rings is 1. The fourth-order valence-corrected chi connectivity index (χ4v) is 1.81. The topological polar surface area (TPSA) is 98.6 Å². The number of methoxy groups -OCH3 is 1. The van der Waals surface area contributed by atoms with Gasteiger partial charge in [-0.25, -0.2) is 9.59 Å². The molecule has 1 aromatic heterocycles. The highest BCUT2D eigenvalue weighted by molar-refractivity contribution is 7.08. The van der Waals surface area contributed by atoms with E-state index in [0.717, 1.165) is 0 Å². The standard InChI is InChI=1S/C11H8N2O5S/c1-17-6-4-2-3-5-7(6)18-11(16)8-9(10(14)15)19-13-12-8/h2-5H,1H3,(H,14,15). The first-order valence-corrected chi connectivity index (χ1v) is 5.81. The molecular formula is C11H8N2O5S. The molecule has 0 radical (unpaired) electrons. The Hall–Kier alpha value is -2.48.